The van der Waals surface area contributed by atoms with Crippen molar-refractivity contribution < 1.29 is 18.4 Å². The fourth-order valence-electron chi connectivity index (χ4n) is 3.90. The van der Waals surface area contributed by atoms with Crippen LogP contribution in [0.4, 0.5) is 8.78 Å². The predicted octanol–water partition coefficient (Wildman–Crippen LogP) is 2.67. The Bertz CT molecular complexity index is 1230. The molecular weight excluding hydrogens is 572 g/mol. The molecule has 0 aromatic heterocycles. The van der Waals surface area contributed by atoms with Crippen LogP contribution in [0.2, 0.25) is 0 Å². The summed E-state index contributed by atoms with van der Waals surface area (Å²) in [6, 6.07) is 16.3. The minimum absolute atomic E-state index is 0.0470. The van der Waals surface area contributed by atoms with E-state index in [0.29, 0.717) is 9.19 Å². The molecule has 2 amide bonds. The van der Waals surface area contributed by atoms with Crippen LogP contribution in [0, 0.1) is 34.3 Å². The number of hydrogen-bond donors (Lipinski definition) is 2. The van der Waals surface area contributed by atoms with Gasteiger partial charge in [0.2, 0.25) is 0 Å². The molecule has 2 N–H and O–H groups in total. The minimum atomic E-state index is -0.704. The predicted molar refractivity (Wildman–Crippen MR) is 121 cm³/mol. The monoisotopic (exact) mass is 590 g/mol. The molecule has 0 saturated carbocycles. The summed E-state index contributed by atoms with van der Waals surface area (Å²) in [4.78, 5) is 24.8. The first-order chi connectivity index (χ1) is 16.4. The van der Waals surface area contributed by atoms with Gasteiger partial charge < -0.3 is 0 Å². The zero-order valence-corrected chi connectivity index (χ0v) is 20.9. The van der Waals surface area contributed by atoms with Crippen LogP contribution in [0.3, 0.4) is 0 Å². The molecule has 2 aliphatic rings. The SMILES string of the molecule is N#CC1=C([Se][Se]C2=C(C#N)C(c3ccccc3F)CC(=O)N2)NC(=O)CC1c1ccccc1F. The number of carbonyl (C=O) groups is 2. The molecule has 2 aromatic rings. The number of benzene rings is 2. The van der Waals surface area contributed by atoms with Crippen LogP contribution in [-0.2, 0) is 9.59 Å². The second kappa shape index (κ2) is 10.3. The fourth-order valence-corrected chi connectivity index (χ4v) is 10.8. The Labute approximate surface area is 205 Å². The van der Waals surface area contributed by atoms with Crippen molar-refractivity contribution in [1.29, 1.82) is 10.5 Å². The third-order valence-electron chi connectivity index (χ3n) is 5.48. The van der Waals surface area contributed by atoms with Crippen LogP contribution in [0.1, 0.15) is 35.8 Å². The number of nitrogens with one attached hydrogen (secondary N) is 2. The Hall–Kier alpha value is -3.26. The van der Waals surface area contributed by atoms with Gasteiger partial charge >= 0.3 is 206 Å². The van der Waals surface area contributed by atoms with E-state index >= 15 is 0 Å². The number of amides is 2. The van der Waals surface area contributed by atoms with Crippen molar-refractivity contribution in [2.75, 3.05) is 0 Å². The van der Waals surface area contributed by atoms with Crippen LogP contribution in [0.5, 0.6) is 0 Å². The van der Waals surface area contributed by atoms with Crippen LogP contribution in [-0.4, -0.2) is 38.1 Å². The summed E-state index contributed by atoms with van der Waals surface area (Å²) in [5.41, 5.74) is 1.10. The molecule has 2 aromatic carbocycles. The third kappa shape index (κ3) is 4.82. The summed E-state index contributed by atoms with van der Waals surface area (Å²) in [7, 11) is 0. The van der Waals surface area contributed by atoms with Gasteiger partial charge in [0, 0.05) is 0 Å². The van der Waals surface area contributed by atoms with Crippen LogP contribution in [0.25, 0.3) is 0 Å². The number of nitriles is 2. The molecule has 6 nitrogen and oxygen atoms in total. The zero-order chi connectivity index (χ0) is 24.2. The van der Waals surface area contributed by atoms with Crippen molar-refractivity contribution in [2.24, 2.45) is 0 Å². The van der Waals surface area contributed by atoms with E-state index in [-0.39, 0.29) is 46.9 Å². The van der Waals surface area contributed by atoms with Crippen molar-refractivity contribution in [3.8, 4) is 12.1 Å². The number of hydrogen-bond acceptors (Lipinski definition) is 4. The van der Waals surface area contributed by atoms with E-state index in [9.17, 15) is 28.9 Å². The van der Waals surface area contributed by atoms with E-state index in [1.807, 2.05) is 0 Å². The van der Waals surface area contributed by atoms with Gasteiger partial charge in [-0.25, -0.2) is 0 Å². The van der Waals surface area contributed by atoms with Crippen LogP contribution in [0.15, 0.2) is 68.9 Å². The number of nitrogens with zero attached hydrogens (tertiary/aromatic N) is 2. The van der Waals surface area contributed by atoms with E-state index in [1.165, 1.54) is 12.1 Å². The molecule has 0 radical (unpaired) electrons. The van der Waals surface area contributed by atoms with Crippen LogP contribution < -0.4 is 10.6 Å². The van der Waals surface area contributed by atoms with Gasteiger partial charge in [0.25, 0.3) is 0 Å². The molecule has 0 fully saturated rings. The first kappa shape index (κ1) is 23.9. The molecule has 2 heterocycles. The first-order valence-electron chi connectivity index (χ1n) is 10.1. The number of carbonyl (C=O) groups excluding carboxylic acids is 2. The van der Waals surface area contributed by atoms with Gasteiger partial charge in [-0.3, -0.25) is 0 Å². The van der Waals surface area contributed by atoms with E-state index < -0.39 is 49.7 Å². The Morgan fingerprint density at radius 1 is 0.735 bits per heavy atom. The maximum atomic E-state index is 14.4. The Morgan fingerprint density at radius 2 is 1.12 bits per heavy atom. The van der Waals surface area contributed by atoms with E-state index in [4.69, 9.17) is 0 Å². The molecule has 2 unspecified atom stereocenters. The van der Waals surface area contributed by atoms with Crippen molar-refractivity contribution in [1.82, 2.24) is 10.6 Å². The molecule has 2 atom stereocenters. The fraction of sp³-hybridized carbons (Fsp3) is 0.167. The third-order valence-corrected chi connectivity index (χ3v) is 12.2. The standard InChI is InChI=1S/C24H16F2N4O2Se2/c25-19-7-3-1-5-13(19)15-9-21(31)29-23(17(15)11-27)33-34-24-18(12-28)16(10-22(32)30-24)14-6-2-4-8-20(14)26/h1-8,15-16H,9-10H2,(H,29,31)(H,30,32). The second-order valence-electron chi connectivity index (χ2n) is 7.53. The molecule has 0 spiro atoms. The van der Waals surface area contributed by atoms with E-state index in [0.717, 1.165) is 0 Å². The molecule has 4 rings (SSSR count). The molecule has 34 heavy (non-hydrogen) atoms. The van der Waals surface area contributed by atoms with Crippen molar-refractivity contribution in [3.63, 3.8) is 0 Å². The quantitative estimate of drug-likeness (QED) is 0.525. The molecular formula is C24H16F2N4O2Se2. The van der Waals surface area contributed by atoms with Gasteiger partial charge in [0.1, 0.15) is 0 Å². The topological polar surface area (TPSA) is 106 Å². The molecule has 0 aliphatic carbocycles. The number of rotatable bonds is 5. The van der Waals surface area contributed by atoms with Crippen molar-refractivity contribution in [3.05, 3.63) is 91.6 Å². The molecule has 170 valence electrons. The maximum absolute atomic E-state index is 14.4. The summed E-state index contributed by atoms with van der Waals surface area (Å²) in [5, 5.41) is 25.1. The Morgan fingerprint density at radius 3 is 1.47 bits per heavy atom. The van der Waals surface area contributed by atoms with E-state index in [1.54, 1.807) is 36.4 Å². The second-order valence-corrected chi connectivity index (χ2v) is 13.6. The van der Waals surface area contributed by atoms with Crippen molar-refractivity contribution >= 4 is 38.1 Å². The average molecular weight is 588 g/mol. The summed E-state index contributed by atoms with van der Waals surface area (Å²) in [6.45, 7) is 0. The normalized spacial score (nSPS) is 20.4. The van der Waals surface area contributed by atoms with Gasteiger partial charge in [0.05, 0.1) is 0 Å². The Balaban J connectivity index is 1.67. The summed E-state index contributed by atoms with van der Waals surface area (Å²) < 4.78 is 29.6. The molecule has 2 aliphatic heterocycles. The summed E-state index contributed by atoms with van der Waals surface area (Å²) in [5.74, 6) is -3.05. The van der Waals surface area contributed by atoms with E-state index in [2.05, 4.69) is 22.8 Å². The van der Waals surface area contributed by atoms with Crippen LogP contribution >= 0.6 is 0 Å². The van der Waals surface area contributed by atoms with Gasteiger partial charge in [0.15, 0.2) is 0 Å². The van der Waals surface area contributed by atoms with Gasteiger partial charge in [-0.15, -0.1) is 0 Å². The van der Waals surface area contributed by atoms with Gasteiger partial charge in [-0.05, 0) is 0 Å². The first-order valence-corrected chi connectivity index (χ1v) is 16.2. The number of allylic oxidation sites excluding steroid dienone is 2. The molecule has 0 bridgehead atoms. The average Bonchev–Trinajstić information content (AvgIpc) is 2.82. The summed E-state index contributed by atoms with van der Waals surface area (Å²) in [6.07, 6.45) is -0.0940. The Kier molecular flexibility index (Phi) is 7.26. The molecule has 0 saturated heterocycles. The zero-order valence-electron chi connectivity index (χ0n) is 17.5. The van der Waals surface area contributed by atoms with Crippen molar-refractivity contribution in [2.45, 2.75) is 24.7 Å². The summed E-state index contributed by atoms with van der Waals surface area (Å²) >= 11 is -1.00. The van der Waals surface area contributed by atoms with Gasteiger partial charge in [-0.2, -0.15) is 0 Å². The van der Waals surface area contributed by atoms with Gasteiger partial charge in [-0.1, -0.05) is 0 Å². The number of halogens is 2. The molecule has 10 heteroatoms.